The number of fused-ring (bicyclic) bond motifs is 1. The Balaban J connectivity index is 2.33. The van der Waals surface area contributed by atoms with Gasteiger partial charge in [0.05, 0.1) is 10.7 Å². The summed E-state index contributed by atoms with van der Waals surface area (Å²) in [5, 5.41) is 1.58. The van der Waals surface area contributed by atoms with Gasteiger partial charge in [0.15, 0.2) is 0 Å². The van der Waals surface area contributed by atoms with Gasteiger partial charge in [-0.1, -0.05) is 48.0 Å². The molecule has 0 amide bonds. The van der Waals surface area contributed by atoms with Crippen molar-refractivity contribution >= 4 is 28.2 Å². The first-order valence-electron chi connectivity index (χ1n) is 5.38. The average Bonchev–Trinajstić information content (AvgIpc) is 2.69. The van der Waals surface area contributed by atoms with Crippen LogP contribution in [-0.4, -0.2) is 4.98 Å². The lowest BCUT2D eigenvalue weighted by atomic mass is 10.1. The Bertz CT molecular complexity index is 671. The maximum Gasteiger partial charge on any atom is 0.0761 e. The molecular weight excluding hydrogens is 232 g/mol. The molecule has 0 bridgehead atoms. The number of nitrogens with two attached hydrogens (primary N) is 1. The molecule has 17 heavy (non-hydrogen) atoms. The fourth-order valence-electron chi connectivity index (χ4n) is 2.04. The third-order valence-corrected chi connectivity index (χ3v) is 3.24. The summed E-state index contributed by atoms with van der Waals surface area (Å²) in [4.78, 5) is 3.31. The van der Waals surface area contributed by atoms with Crippen molar-refractivity contribution in [3.63, 3.8) is 0 Å². The lowest BCUT2D eigenvalue weighted by Gasteiger charge is -1.98. The number of nitrogens with one attached hydrogen (secondary N) is 1. The molecule has 2 aromatic carbocycles. The number of H-pyrrole nitrogens is 1. The van der Waals surface area contributed by atoms with Crippen LogP contribution in [-0.2, 0) is 0 Å². The van der Waals surface area contributed by atoms with Crippen LogP contribution in [0.25, 0.3) is 22.2 Å². The maximum absolute atomic E-state index is 6.39. The van der Waals surface area contributed by atoms with Crippen LogP contribution in [0.5, 0.6) is 0 Å². The first-order chi connectivity index (χ1) is 8.27. The first kappa shape index (κ1) is 10.2. The van der Waals surface area contributed by atoms with Crippen molar-refractivity contribution in [1.29, 1.82) is 0 Å². The van der Waals surface area contributed by atoms with Gasteiger partial charge in [-0.3, -0.25) is 0 Å². The van der Waals surface area contributed by atoms with E-state index in [4.69, 9.17) is 17.3 Å². The highest BCUT2D eigenvalue weighted by Gasteiger charge is 2.12. The van der Waals surface area contributed by atoms with Crippen LogP contribution in [0.2, 0.25) is 5.02 Å². The molecule has 2 nitrogen and oxygen atoms in total. The van der Waals surface area contributed by atoms with E-state index in [1.54, 1.807) is 0 Å². The SMILES string of the molecule is Nc1cccc2[nH]c(-c3ccccc3)c(Cl)c12. The molecule has 0 aliphatic carbocycles. The second-order valence-electron chi connectivity index (χ2n) is 3.95. The van der Waals surface area contributed by atoms with Gasteiger partial charge in [0.2, 0.25) is 0 Å². The molecule has 0 aliphatic rings. The van der Waals surface area contributed by atoms with Gasteiger partial charge in [-0.05, 0) is 17.7 Å². The molecule has 3 aromatic rings. The van der Waals surface area contributed by atoms with Gasteiger partial charge in [0.1, 0.15) is 0 Å². The lowest BCUT2D eigenvalue weighted by molar-refractivity contribution is 1.45. The van der Waals surface area contributed by atoms with Gasteiger partial charge in [-0.2, -0.15) is 0 Å². The smallest absolute Gasteiger partial charge is 0.0761 e. The number of halogens is 1. The molecule has 0 saturated heterocycles. The van der Waals surface area contributed by atoms with Crippen molar-refractivity contribution in [3.05, 3.63) is 53.6 Å². The van der Waals surface area contributed by atoms with E-state index in [1.807, 2.05) is 48.5 Å². The van der Waals surface area contributed by atoms with Crippen LogP contribution < -0.4 is 5.73 Å². The Morgan fingerprint density at radius 3 is 2.41 bits per heavy atom. The van der Waals surface area contributed by atoms with Gasteiger partial charge >= 0.3 is 0 Å². The van der Waals surface area contributed by atoms with Gasteiger partial charge in [-0.15, -0.1) is 0 Å². The van der Waals surface area contributed by atoms with Crippen molar-refractivity contribution in [1.82, 2.24) is 4.98 Å². The summed E-state index contributed by atoms with van der Waals surface area (Å²) in [6.07, 6.45) is 0. The van der Waals surface area contributed by atoms with Crippen LogP contribution in [0.1, 0.15) is 0 Å². The zero-order valence-electron chi connectivity index (χ0n) is 9.07. The van der Waals surface area contributed by atoms with E-state index >= 15 is 0 Å². The van der Waals surface area contributed by atoms with Crippen LogP contribution in [0, 0.1) is 0 Å². The number of hydrogen-bond acceptors (Lipinski definition) is 1. The number of aromatic amines is 1. The minimum Gasteiger partial charge on any atom is -0.398 e. The van der Waals surface area contributed by atoms with Gasteiger partial charge < -0.3 is 10.7 Å². The van der Waals surface area contributed by atoms with Gasteiger partial charge in [0, 0.05) is 16.6 Å². The molecule has 3 rings (SSSR count). The Morgan fingerprint density at radius 1 is 0.941 bits per heavy atom. The van der Waals surface area contributed by atoms with Crippen molar-refractivity contribution in [2.75, 3.05) is 5.73 Å². The number of aromatic nitrogens is 1. The van der Waals surface area contributed by atoms with Gasteiger partial charge in [-0.25, -0.2) is 0 Å². The molecule has 3 N–H and O–H groups in total. The lowest BCUT2D eigenvalue weighted by Crippen LogP contribution is -1.83. The van der Waals surface area contributed by atoms with Crippen molar-refractivity contribution in [2.45, 2.75) is 0 Å². The van der Waals surface area contributed by atoms with Crippen LogP contribution in [0.3, 0.4) is 0 Å². The number of hydrogen-bond donors (Lipinski definition) is 2. The summed E-state index contributed by atoms with van der Waals surface area (Å²) in [6, 6.07) is 15.7. The molecule has 84 valence electrons. The molecule has 0 unspecified atom stereocenters. The van der Waals surface area contributed by atoms with E-state index in [0.717, 1.165) is 22.2 Å². The van der Waals surface area contributed by atoms with E-state index < -0.39 is 0 Å². The number of anilines is 1. The predicted molar refractivity (Wildman–Crippen MR) is 73.2 cm³/mol. The summed E-state index contributed by atoms with van der Waals surface area (Å²) < 4.78 is 0. The molecule has 0 fully saturated rings. The Hall–Kier alpha value is -1.93. The maximum atomic E-state index is 6.39. The van der Waals surface area contributed by atoms with Crippen LogP contribution in [0.15, 0.2) is 48.5 Å². The Labute approximate surface area is 104 Å². The average molecular weight is 243 g/mol. The minimum atomic E-state index is 0.685. The molecule has 0 aliphatic heterocycles. The van der Waals surface area contributed by atoms with E-state index in [1.165, 1.54) is 0 Å². The summed E-state index contributed by atoms with van der Waals surface area (Å²) in [5.41, 5.74) is 9.59. The number of nitrogen functional groups attached to an aromatic ring is 1. The van der Waals surface area contributed by atoms with Crippen LogP contribution in [0.4, 0.5) is 5.69 Å². The predicted octanol–water partition coefficient (Wildman–Crippen LogP) is 4.07. The normalized spacial score (nSPS) is 10.9. The highest BCUT2D eigenvalue weighted by Crippen LogP contribution is 2.36. The zero-order chi connectivity index (χ0) is 11.8. The van der Waals surface area contributed by atoms with E-state index in [-0.39, 0.29) is 0 Å². The summed E-state index contributed by atoms with van der Waals surface area (Å²) in [6.45, 7) is 0. The Morgan fingerprint density at radius 2 is 1.71 bits per heavy atom. The summed E-state index contributed by atoms with van der Waals surface area (Å²) >= 11 is 6.39. The van der Waals surface area contributed by atoms with Crippen molar-refractivity contribution in [3.8, 4) is 11.3 Å². The highest BCUT2D eigenvalue weighted by atomic mass is 35.5. The number of benzene rings is 2. The number of rotatable bonds is 1. The molecule has 0 spiro atoms. The molecule has 3 heteroatoms. The molecule has 0 radical (unpaired) electrons. The van der Waals surface area contributed by atoms with Crippen molar-refractivity contribution < 1.29 is 0 Å². The first-order valence-corrected chi connectivity index (χ1v) is 5.76. The molecule has 0 saturated carbocycles. The molecular formula is C14H11ClN2. The third kappa shape index (κ3) is 1.58. The van der Waals surface area contributed by atoms with E-state index in [9.17, 15) is 0 Å². The fourth-order valence-corrected chi connectivity index (χ4v) is 2.40. The second kappa shape index (κ2) is 3.82. The topological polar surface area (TPSA) is 41.8 Å². The monoisotopic (exact) mass is 242 g/mol. The standard InChI is InChI=1S/C14H11ClN2/c15-13-12-10(16)7-4-8-11(12)17-14(13)9-5-2-1-3-6-9/h1-8,17H,16H2. The molecule has 1 aromatic heterocycles. The molecule has 1 heterocycles. The summed E-state index contributed by atoms with van der Waals surface area (Å²) in [7, 11) is 0. The second-order valence-corrected chi connectivity index (χ2v) is 4.33. The quantitative estimate of drug-likeness (QED) is 0.621. The zero-order valence-corrected chi connectivity index (χ0v) is 9.83. The summed E-state index contributed by atoms with van der Waals surface area (Å²) in [5.74, 6) is 0. The third-order valence-electron chi connectivity index (χ3n) is 2.86. The van der Waals surface area contributed by atoms with Crippen molar-refractivity contribution in [2.24, 2.45) is 0 Å². The van der Waals surface area contributed by atoms with Gasteiger partial charge in [0.25, 0.3) is 0 Å². The van der Waals surface area contributed by atoms with E-state index in [2.05, 4.69) is 4.98 Å². The Kier molecular flexibility index (Phi) is 2.30. The fraction of sp³-hybridized carbons (Fsp3) is 0. The highest BCUT2D eigenvalue weighted by molar-refractivity contribution is 6.39. The van der Waals surface area contributed by atoms with Crippen LogP contribution >= 0.6 is 11.6 Å². The minimum absolute atomic E-state index is 0.685. The largest absolute Gasteiger partial charge is 0.398 e. The molecule has 0 atom stereocenters. The van der Waals surface area contributed by atoms with E-state index in [0.29, 0.717) is 10.7 Å².